The molecule has 0 bridgehead atoms. The number of hydrogen-bond donors (Lipinski definition) is 0. The third kappa shape index (κ3) is 2.39. The van der Waals surface area contributed by atoms with Crippen LogP contribution in [0.5, 0.6) is 5.75 Å². The summed E-state index contributed by atoms with van der Waals surface area (Å²) in [5.41, 5.74) is 2.13. The molecular weight excluding hydrogens is 317 g/mol. The third-order valence-corrected chi connectivity index (χ3v) is 5.96. The first kappa shape index (κ1) is 15.4. The summed E-state index contributed by atoms with van der Waals surface area (Å²) in [6, 6.07) is 15.4. The van der Waals surface area contributed by atoms with E-state index in [4.69, 9.17) is 9.57 Å². The Hall–Kier alpha value is -1.91. The van der Waals surface area contributed by atoms with Crippen molar-refractivity contribution in [3.63, 3.8) is 0 Å². The lowest BCUT2D eigenvalue weighted by molar-refractivity contribution is -0.191. The molecule has 2 aromatic rings. The van der Waals surface area contributed by atoms with E-state index in [1.54, 1.807) is 12.1 Å². The van der Waals surface area contributed by atoms with E-state index >= 15 is 0 Å². The van der Waals surface area contributed by atoms with Gasteiger partial charge in [-0.2, -0.15) is 5.06 Å². The van der Waals surface area contributed by atoms with Crippen molar-refractivity contribution >= 4 is 0 Å². The van der Waals surface area contributed by atoms with Gasteiger partial charge in [0.05, 0.1) is 18.2 Å². The first-order chi connectivity index (χ1) is 12.2. The summed E-state index contributed by atoms with van der Waals surface area (Å²) in [5.74, 6) is 0.866. The Bertz CT molecular complexity index is 781. The molecule has 5 atom stereocenters. The smallest absolute Gasteiger partial charge is 0.124 e. The molecule has 0 aromatic heterocycles. The molecule has 25 heavy (non-hydrogen) atoms. The molecule has 130 valence electrons. The number of nitrogens with zero attached hydrogens (tertiary/aromatic N) is 1. The van der Waals surface area contributed by atoms with Crippen LogP contribution in [0.25, 0.3) is 0 Å². The number of ether oxygens (including phenoxy) is 1. The average molecular weight is 339 g/mol. The van der Waals surface area contributed by atoms with Gasteiger partial charge < -0.3 is 4.74 Å². The molecule has 1 saturated heterocycles. The third-order valence-electron chi connectivity index (χ3n) is 5.96. The van der Waals surface area contributed by atoms with E-state index in [1.165, 1.54) is 11.6 Å². The summed E-state index contributed by atoms with van der Waals surface area (Å²) >= 11 is 0. The fraction of sp³-hybridized carbons (Fsp3) is 0.429. The molecule has 5 rings (SSSR count). The van der Waals surface area contributed by atoms with Gasteiger partial charge in [-0.25, -0.2) is 4.39 Å². The Morgan fingerprint density at radius 3 is 2.72 bits per heavy atom. The lowest BCUT2D eigenvalue weighted by Crippen LogP contribution is -2.43. The van der Waals surface area contributed by atoms with Crippen LogP contribution in [0.1, 0.15) is 49.4 Å². The van der Waals surface area contributed by atoms with E-state index in [1.807, 2.05) is 6.07 Å². The molecule has 2 aliphatic heterocycles. The van der Waals surface area contributed by atoms with Gasteiger partial charge in [0.15, 0.2) is 0 Å². The molecule has 1 aliphatic carbocycles. The average Bonchev–Trinajstić information content (AvgIpc) is 3.04. The van der Waals surface area contributed by atoms with Gasteiger partial charge in [0.1, 0.15) is 17.7 Å². The van der Waals surface area contributed by atoms with E-state index in [9.17, 15) is 4.39 Å². The molecule has 1 saturated carbocycles. The molecule has 4 heteroatoms. The SMILES string of the molecule is C[C@H](c1ccccc1)N1O[C@H]2CCC[C@H]3Oc4ccc(F)cc4[C@@H]1[C@@H]23. The second kappa shape index (κ2) is 5.82. The predicted molar refractivity (Wildman–Crippen MR) is 92.5 cm³/mol. The van der Waals surface area contributed by atoms with Crippen molar-refractivity contribution in [1.29, 1.82) is 0 Å². The van der Waals surface area contributed by atoms with E-state index < -0.39 is 0 Å². The highest BCUT2D eigenvalue weighted by Gasteiger charge is 2.54. The maximum atomic E-state index is 14.0. The summed E-state index contributed by atoms with van der Waals surface area (Å²) in [6.07, 6.45) is 3.53. The molecule has 0 amide bonds. The Kier molecular flexibility index (Phi) is 3.57. The number of halogens is 1. The Morgan fingerprint density at radius 1 is 1.08 bits per heavy atom. The summed E-state index contributed by atoms with van der Waals surface area (Å²) in [4.78, 5) is 6.42. The van der Waals surface area contributed by atoms with Crippen molar-refractivity contribution in [1.82, 2.24) is 5.06 Å². The molecule has 0 radical (unpaired) electrons. The van der Waals surface area contributed by atoms with Gasteiger partial charge in [-0.15, -0.1) is 0 Å². The highest BCUT2D eigenvalue weighted by Crippen LogP contribution is 2.54. The van der Waals surface area contributed by atoms with Crippen LogP contribution in [-0.4, -0.2) is 17.3 Å². The molecule has 2 fully saturated rings. The Labute approximate surface area is 147 Å². The second-order valence-corrected chi connectivity index (χ2v) is 7.38. The Balaban J connectivity index is 1.59. The van der Waals surface area contributed by atoms with Crippen LogP contribution in [0.4, 0.5) is 4.39 Å². The van der Waals surface area contributed by atoms with E-state index in [0.29, 0.717) is 0 Å². The summed E-state index contributed by atoms with van der Waals surface area (Å²) in [6.45, 7) is 2.16. The van der Waals surface area contributed by atoms with Crippen molar-refractivity contribution < 1.29 is 14.0 Å². The van der Waals surface area contributed by atoms with Gasteiger partial charge in [0, 0.05) is 11.5 Å². The number of hydroxylamine groups is 2. The fourth-order valence-corrected chi connectivity index (χ4v) is 4.78. The van der Waals surface area contributed by atoms with Gasteiger partial charge in [-0.3, -0.25) is 4.84 Å². The number of hydrogen-bond acceptors (Lipinski definition) is 3. The van der Waals surface area contributed by atoms with Crippen LogP contribution in [-0.2, 0) is 4.84 Å². The standard InChI is InChI=1S/C21H22FNO2/c1-13(14-6-3-2-4-7-14)23-21-16-12-15(22)10-11-17(16)24-18-8-5-9-19(25-23)20(18)21/h2-4,6-7,10-13,18-21H,5,8-9H2,1H3/t13-,18-,19+,20-,21-/m1/s1. The highest BCUT2D eigenvalue weighted by molar-refractivity contribution is 5.40. The highest BCUT2D eigenvalue weighted by atomic mass is 19.1. The molecule has 0 N–H and O–H groups in total. The van der Waals surface area contributed by atoms with Crippen molar-refractivity contribution in [2.45, 2.75) is 50.5 Å². The molecule has 2 heterocycles. The van der Waals surface area contributed by atoms with Crippen LogP contribution in [0, 0.1) is 11.7 Å². The fourth-order valence-electron chi connectivity index (χ4n) is 4.78. The lowest BCUT2D eigenvalue weighted by atomic mass is 9.75. The molecule has 0 spiro atoms. The molecule has 3 nitrogen and oxygen atoms in total. The van der Waals surface area contributed by atoms with Gasteiger partial charge in [-0.05, 0) is 49.9 Å². The van der Waals surface area contributed by atoms with Crippen molar-refractivity contribution in [2.24, 2.45) is 5.92 Å². The van der Waals surface area contributed by atoms with Crippen LogP contribution in [0.15, 0.2) is 48.5 Å². The maximum absolute atomic E-state index is 14.0. The summed E-state index contributed by atoms with van der Waals surface area (Å²) in [7, 11) is 0. The lowest BCUT2D eigenvalue weighted by Gasteiger charge is -2.41. The van der Waals surface area contributed by atoms with E-state index in [-0.39, 0.29) is 36.0 Å². The number of fused-ring (bicyclic) bond motifs is 2. The van der Waals surface area contributed by atoms with E-state index in [2.05, 4.69) is 36.3 Å². The zero-order valence-corrected chi connectivity index (χ0v) is 14.3. The molecule has 2 aromatic carbocycles. The maximum Gasteiger partial charge on any atom is 0.124 e. The van der Waals surface area contributed by atoms with E-state index in [0.717, 1.165) is 30.6 Å². The Morgan fingerprint density at radius 2 is 1.88 bits per heavy atom. The zero-order valence-electron chi connectivity index (χ0n) is 14.3. The summed E-state index contributed by atoms with van der Waals surface area (Å²) in [5, 5.41) is 2.10. The van der Waals surface area contributed by atoms with Gasteiger partial charge in [0.2, 0.25) is 0 Å². The summed E-state index contributed by atoms with van der Waals surface area (Å²) < 4.78 is 20.2. The predicted octanol–water partition coefficient (Wildman–Crippen LogP) is 4.80. The minimum absolute atomic E-state index is 0.0463. The molecule has 0 unspecified atom stereocenters. The van der Waals surface area contributed by atoms with Gasteiger partial charge >= 0.3 is 0 Å². The first-order valence-corrected chi connectivity index (χ1v) is 9.18. The van der Waals surface area contributed by atoms with Crippen LogP contribution in [0.3, 0.4) is 0 Å². The quantitative estimate of drug-likeness (QED) is 0.784. The number of rotatable bonds is 2. The topological polar surface area (TPSA) is 21.7 Å². The second-order valence-electron chi connectivity index (χ2n) is 7.38. The monoisotopic (exact) mass is 339 g/mol. The van der Waals surface area contributed by atoms with Gasteiger partial charge in [-0.1, -0.05) is 30.3 Å². The van der Waals surface area contributed by atoms with Crippen LogP contribution >= 0.6 is 0 Å². The minimum Gasteiger partial charge on any atom is -0.490 e. The first-order valence-electron chi connectivity index (χ1n) is 9.18. The zero-order chi connectivity index (χ0) is 17.0. The van der Waals surface area contributed by atoms with Crippen molar-refractivity contribution in [2.75, 3.05) is 0 Å². The number of benzene rings is 2. The largest absolute Gasteiger partial charge is 0.490 e. The van der Waals surface area contributed by atoms with Crippen molar-refractivity contribution in [3.8, 4) is 5.75 Å². The normalized spacial score (nSPS) is 31.8. The van der Waals surface area contributed by atoms with Crippen LogP contribution < -0.4 is 4.74 Å². The van der Waals surface area contributed by atoms with Crippen LogP contribution in [0.2, 0.25) is 0 Å². The van der Waals surface area contributed by atoms with Crippen molar-refractivity contribution in [3.05, 3.63) is 65.5 Å². The molecule has 3 aliphatic rings. The minimum atomic E-state index is -0.215. The molecular formula is C21H22FNO2. The van der Waals surface area contributed by atoms with Gasteiger partial charge in [0.25, 0.3) is 0 Å².